The van der Waals surface area contributed by atoms with E-state index in [2.05, 4.69) is 25.9 Å². The summed E-state index contributed by atoms with van der Waals surface area (Å²) in [5.41, 5.74) is 1.35. The van der Waals surface area contributed by atoms with Gasteiger partial charge in [0.1, 0.15) is 10.7 Å². The van der Waals surface area contributed by atoms with E-state index in [1.165, 1.54) is 0 Å². The number of nitrogens with zero attached hydrogens (tertiary/aromatic N) is 2. The Morgan fingerprint density at radius 1 is 1.31 bits per heavy atom. The zero-order chi connectivity index (χ0) is 18.5. The van der Waals surface area contributed by atoms with Gasteiger partial charge in [-0.2, -0.15) is 4.98 Å². The summed E-state index contributed by atoms with van der Waals surface area (Å²) in [7, 11) is 0. The van der Waals surface area contributed by atoms with Crippen LogP contribution in [0.2, 0.25) is 5.02 Å². The SMILES string of the molecule is C/C(NC1CCOCC1)=C1\Nc2ncc(Cl)c(n2)N[C@H](C)CCOC1=N. The summed E-state index contributed by atoms with van der Waals surface area (Å²) in [4.78, 5) is 8.66. The van der Waals surface area contributed by atoms with E-state index in [9.17, 15) is 0 Å². The van der Waals surface area contributed by atoms with Crippen molar-refractivity contribution >= 4 is 29.3 Å². The number of hydrogen-bond acceptors (Lipinski definition) is 8. The first-order valence-electron chi connectivity index (χ1n) is 8.86. The van der Waals surface area contributed by atoms with E-state index in [1.54, 1.807) is 6.20 Å². The van der Waals surface area contributed by atoms with Crippen LogP contribution in [0.3, 0.4) is 0 Å². The molecule has 0 aliphatic carbocycles. The fourth-order valence-electron chi connectivity index (χ4n) is 2.90. The minimum absolute atomic E-state index is 0.0660. The van der Waals surface area contributed by atoms with Gasteiger partial charge >= 0.3 is 0 Å². The predicted molar refractivity (Wildman–Crippen MR) is 102 cm³/mol. The highest BCUT2D eigenvalue weighted by atomic mass is 35.5. The Balaban J connectivity index is 1.87. The lowest BCUT2D eigenvalue weighted by Crippen LogP contribution is -2.35. The minimum atomic E-state index is 0.0660. The van der Waals surface area contributed by atoms with E-state index in [0.717, 1.165) is 38.2 Å². The van der Waals surface area contributed by atoms with Gasteiger partial charge in [0.2, 0.25) is 11.8 Å². The van der Waals surface area contributed by atoms with Crippen LogP contribution in [0.25, 0.3) is 0 Å². The summed E-state index contributed by atoms with van der Waals surface area (Å²) >= 11 is 6.19. The lowest BCUT2D eigenvalue weighted by Gasteiger charge is -2.26. The monoisotopic (exact) mass is 380 g/mol. The van der Waals surface area contributed by atoms with Crippen LogP contribution < -0.4 is 16.0 Å². The molecule has 0 saturated carbocycles. The smallest absolute Gasteiger partial charge is 0.232 e. The van der Waals surface area contributed by atoms with Crippen molar-refractivity contribution in [2.75, 3.05) is 30.5 Å². The first-order valence-corrected chi connectivity index (χ1v) is 9.23. The molecule has 3 rings (SSSR count). The third-order valence-corrected chi connectivity index (χ3v) is 4.68. The lowest BCUT2D eigenvalue weighted by atomic mass is 10.1. The molecule has 26 heavy (non-hydrogen) atoms. The lowest BCUT2D eigenvalue weighted by molar-refractivity contribution is 0.0803. The minimum Gasteiger partial charge on any atom is -0.476 e. The summed E-state index contributed by atoms with van der Waals surface area (Å²) in [5, 5.41) is 18.6. The van der Waals surface area contributed by atoms with E-state index in [0.29, 0.717) is 35.1 Å². The molecular weight excluding hydrogens is 356 g/mol. The molecule has 1 aromatic rings. The number of anilines is 2. The van der Waals surface area contributed by atoms with Crippen LogP contribution in [0, 0.1) is 5.41 Å². The average molecular weight is 381 g/mol. The maximum atomic E-state index is 8.34. The van der Waals surface area contributed by atoms with E-state index >= 15 is 0 Å². The molecule has 1 atom stereocenters. The van der Waals surface area contributed by atoms with Crippen molar-refractivity contribution in [1.82, 2.24) is 15.3 Å². The van der Waals surface area contributed by atoms with Crippen LogP contribution >= 0.6 is 11.6 Å². The molecule has 1 saturated heterocycles. The molecule has 2 bridgehead atoms. The quantitative estimate of drug-likeness (QED) is 0.625. The molecule has 2 aliphatic rings. The van der Waals surface area contributed by atoms with E-state index in [-0.39, 0.29) is 11.9 Å². The zero-order valence-electron chi connectivity index (χ0n) is 15.1. The van der Waals surface area contributed by atoms with Crippen molar-refractivity contribution < 1.29 is 9.47 Å². The largest absolute Gasteiger partial charge is 0.476 e. The molecule has 8 nitrogen and oxygen atoms in total. The molecule has 0 amide bonds. The highest BCUT2D eigenvalue weighted by Gasteiger charge is 2.20. The Morgan fingerprint density at radius 2 is 2.08 bits per heavy atom. The number of aromatic nitrogens is 2. The van der Waals surface area contributed by atoms with Gasteiger partial charge in [-0.15, -0.1) is 0 Å². The normalized spacial score (nSPS) is 23.8. The van der Waals surface area contributed by atoms with Crippen molar-refractivity contribution in [3.05, 3.63) is 22.6 Å². The first kappa shape index (κ1) is 18.7. The van der Waals surface area contributed by atoms with Gasteiger partial charge in [-0.3, -0.25) is 5.41 Å². The number of halogens is 1. The molecule has 142 valence electrons. The number of allylic oxidation sites excluding steroid dienone is 1. The van der Waals surface area contributed by atoms with Gasteiger partial charge in [0.05, 0.1) is 12.8 Å². The standard InChI is InChI=1S/C17H25ClN6O2/c1-10-3-8-26-15(19)14(11(2)22-12-4-6-25-7-5-12)23-17-20-9-13(18)16(21-10)24-17/h9-10,12,19,22H,3-8H2,1-2H3,(H2,20,21,23,24)/b14-11+,19-15?/t10-/m1/s1. The topological polar surface area (TPSA) is 104 Å². The Kier molecular flexibility index (Phi) is 6.16. The van der Waals surface area contributed by atoms with E-state index < -0.39 is 0 Å². The summed E-state index contributed by atoms with van der Waals surface area (Å²) in [5.74, 6) is 0.998. The molecule has 1 aromatic heterocycles. The van der Waals surface area contributed by atoms with Crippen LogP contribution in [0.1, 0.15) is 33.1 Å². The van der Waals surface area contributed by atoms with Gasteiger partial charge in [0, 0.05) is 37.4 Å². The predicted octanol–water partition coefficient (Wildman–Crippen LogP) is 2.74. The van der Waals surface area contributed by atoms with Gasteiger partial charge in [-0.25, -0.2) is 4.98 Å². The van der Waals surface area contributed by atoms with Crippen molar-refractivity contribution in [3.63, 3.8) is 0 Å². The second-order valence-corrected chi connectivity index (χ2v) is 6.96. The van der Waals surface area contributed by atoms with E-state index in [4.69, 9.17) is 26.5 Å². The third kappa shape index (κ3) is 4.76. The van der Waals surface area contributed by atoms with Crippen molar-refractivity contribution in [2.24, 2.45) is 0 Å². The van der Waals surface area contributed by atoms with Gasteiger partial charge in [0.25, 0.3) is 0 Å². The molecule has 0 aromatic carbocycles. The third-order valence-electron chi connectivity index (χ3n) is 4.41. The van der Waals surface area contributed by atoms with Crippen LogP contribution in [0.4, 0.5) is 11.8 Å². The van der Waals surface area contributed by atoms with Crippen LogP contribution in [-0.4, -0.2) is 47.8 Å². The molecule has 0 unspecified atom stereocenters. The first-order chi connectivity index (χ1) is 12.5. The Labute approximate surface area is 158 Å². The van der Waals surface area contributed by atoms with Crippen LogP contribution in [-0.2, 0) is 9.47 Å². The maximum absolute atomic E-state index is 8.34. The molecule has 4 N–H and O–H groups in total. The van der Waals surface area contributed by atoms with Crippen molar-refractivity contribution in [1.29, 1.82) is 5.41 Å². The maximum Gasteiger partial charge on any atom is 0.232 e. The number of fused-ring (bicyclic) bond motifs is 2. The number of rotatable bonds is 2. The Hall–Kier alpha value is -2.06. The van der Waals surface area contributed by atoms with E-state index in [1.807, 2.05) is 13.8 Å². The molecule has 1 fully saturated rings. The van der Waals surface area contributed by atoms with Crippen LogP contribution in [0.15, 0.2) is 17.6 Å². The second kappa shape index (κ2) is 8.55. The highest BCUT2D eigenvalue weighted by Crippen LogP contribution is 2.23. The van der Waals surface area contributed by atoms with Crippen LogP contribution in [0.5, 0.6) is 0 Å². The summed E-state index contributed by atoms with van der Waals surface area (Å²) in [6, 6.07) is 0.419. The average Bonchev–Trinajstić information content (AvgIpc) is 2.64. The zero-order valence-corrected chi connectivity index (χ0v) is 15.8. The van der Waals surface area contributed by atoms with Crippen molar-refractivity contribution in [2.45, 2.75) is 45.2 Å². The summed E-state index contributed by atoms with van der Waals surface area (Å²) < 4.78 is 11.0. The molecule has 3 heterocycles. The molecule has 0 radical (unpaired) electrons. The molecule has 9 heteroatoms. The second-order valence-electron chi connectivity index (χ2n) is 6.56. The molecular formula is C17H25ClN6O2. The summed E-state index contributed by atoms with van der Waals surface area (Å²) in [6.07, 6.45) is 4.13. The summed E-state index contributed by atoms with van der Waals surface area (Å²) in [6.45, 7) is 5.85. The molecule has 2 aliphatic heterocycles. The number of hydrogen-bond donors (Lipinski definition) is 4. The van der Waals surface area contributed by atoms with Gasteiger partial charge in [-0.05, 0) is 26.7 Å². The highest BCUT2D eigenvalue weighted by molar-refractivity contribution is 6.32. The van der Waals surface area contributed by atoms with Gasteiger partial charge in [-0.1, -0.05) is 11.6 Å². The fraction of sp³-hybridized carbons (Fsp3) is 0.588. The van der Waals surface area contributed by atoms with Gasteiger partial charge in [0.15, 0.2) is 5.82 Å². The molecule has 0 spiro atoms. The fourth-order valence-corrected chi connectivity index (χ4v) is 3.04. The Morgan fingerprint density at radius 3 is 2.85 bits per heavy atom. The Bertz CT molecular complexity index is 690. The number of ether oxygens (including phenoxy) is 2. The van der Waals surface area contributed by atoms with Crippen molar-refractivity contribution in [3.8, 4) is 0 Å². The van der Waals surface area contributed by atoms with Gasteiger partial charge < -0.3 is 25.4 Å². The number of nitrogens with one attached hydrogen (secondary N) is 4.